The van der Waals surface area contributed by atoms with Crippen LogP contribution in [0.4, 0.5) is 11.4 Å². The molecule has 0 unspecified atom stereocenters. The smallest absolute Gasteiger partial charge is 0.264 e. The average molecular weight is 482 g/mol. The van der Waals surface area contributed by atoms with Gasteiger partial charge in [0, 0.05) is 18.6 Å². The number of hydrogen-bond acceptors (Lipinski definition) is 5. The fourth-order valence-electron chi connectivity index (χ4n) is 3.33. The highest BCUT2D eigenvalue weighted by Gasteiger charge is 2.24. The van der Waals surface area contributed by atoms with Crippen molar-refractivity contribution >= 4 is 49.8 Å². The van der Waals surface area contributed by atoms with Crippen LogP contribution in [0, 0.1) is 0 Å². The highest BCUT2D eigenvalue weighted by Crippen LogP contribution is 2.28. The third kappa shape index (κ3) is 4.48. The first-order valence-electron chi connectivity index (χ1n) is 9.89. The first kappa shape index (κ1) is 22.6. The van der Waals surface area contributed by atoms with E-state index in [-0.39, 0.29) is 15.5 Å². The summed E-state index contributed by atoms with van der Waals surface area (Å²) in [5.41, 5.74) is 1.76. The van der Waals surface area contributed by atoms with E-state index >= 15 is 0 Å². The number of carbonyl (C=O) groups is 1. The van der Waals surface area contributed by atoms with Crippen LogP contribution >= 0.6 is 11.6 Å². The zero-order valence-electron chi connectivity index (χ0n) is 17.8. The molecule has 0 saturated heterocycles. The summed E-state index contributed by atoms with van der Waals surface area (Å²) in [5.74, 6) is 0.0825. The Hall–Kier alpha value is -3.62. The molecule has 1 aromatic heterocycles. The molecule has 0 aliphatic carbocycles. The molecule has 4 aromatic rings. The number of halogens is 1. The Balaban J connectivity index is 1.66. The number of hydrogen-bond donors (Lipinski definition) is 1. The van der Waals surface area contributed by atoms with Crippen molar-refractivity contribution in [2.45, 2.75) is 4.90 Å². The largest absolute Gasteiger partial charge is 0.497 e. The first-order valence-corrected chi connectivity index (χ1v) is 11.7. The van der Waals surface area contributed by atoms with Crippen molar-refractivity contribution in [3.05, 3.63) is 89.6 Å². The maximum absolute atomic E-state index is 13.2. The predicted octanol–water partition coefficient (Wildman–Crippen LogP) is 4.97. The van der Waals surface area contributed by atoms with Crippen LogP contribution in [-0.2, 0) is 10.0 Å². The third-order valence-electron chi connectivity index (χ3n) is 5.17. The molecule has 3 aromatic carbocycles. The Labute approximate surface area is 196 Å². The molecule has 4 rings (SSSR count). The van der Waals surface area contributed by atoms with Gasteiger partial charge < -0.3 is 10.1 Å². The van der Waals surface area contributed by atoms with Crippen LogP contribution in [0.2, 0.25) is 5.02 Å². The molecule has 0 aliphatic rings. The number of rotatable bonds is 6. The Kier molecular flexibility index (Phi) is 6.22. The zero-order valence-corrected chi connectivity index (χ0v) is 19.4. The van der Waals surface area contributed by atoms with Gasteiger partial charge in [0.1, 0.15) is 5.75 Å². The van der Waals surface area contributed by atoms with Crippen LogP contribution in [0.3, 0.4) is 0 Å². The van der Waals surface area contributed by atoms with Gasteiger partial charge in [0.05, 0.1) is 39.5 Å². The van der Waals surface area contributed by atoms with Crippen molar-refractivity contribution in [3.8, 4) is 5.75 Å². The Morgan fingerprint density at radius 2 is 1.79 bits per heavy atom. The minimum Gasteiger partial charge on any atom is -0.497 e. The lowest BCUT2D eigenvalue weighted by molar-refractivity contribution is 0.102. The topological polar surface area (TPSA) is 88.6 Å². The van der Waals surface area contributed by atoms with E-state index < -0.39 is 15.9 Å². The lowest BCUT2D eigenvalue weighted by Gasteiger charge is -2.20. The lowest BCUT2D eigenvalue weighted by atomic mass is 10.1. The van der Waals surface area contributed by atoms with E-state index in [1.807, 2.05) is 12.1 Å². The lowest BCUT2D eigenvalue weighted by Crippen LogP contribution is -2.27. The second kappa shape index (κ2) is 9.09. The van der Waals surface area contributed by atoms with Crippen molar-refractivity contribution in [2.24, 2.45) is 0 Å². The molecule has 0 atom stereocenters. The van der Waals surface area contributed by atoms with Crippen molar-refractivity contribution in [1.29, 1.82) is 0 Å². The van der Waals surface area contributed by atoms with Crippen LogP contribution in [0.1, 0.15) is 10.4 Å². The van der Waals surface area contributed by atoms with Gasteiger partial charge in [-0.05, 0) is 66.7 Å². The van der Waals surface area contributed by atoms with Gasteiger partial charge in [-0.15, -0.1) is 0 Å². The quantitative estimate of drug-likeness (QED) is 0.420. The van der Waals surface area contributed by atoms with Gasteiger partial charge in [-0.1, -0.05) is 17.7 Å². The average Bonchev–Trinajstić information content (AvgIpc) is 2.84. The van der Waals surface area contributed by atoms with Crippen LogP contribution in [-0.4, -0.2) is 33.5 Å². The molecular formula is C24H20ClN3O4S. The van der Waals surface area contributed by atoms with Gasteiger partial charge >= 0.3 is 0 Å². The molecule has 1 amide bonds. The van der Waals surface area contributed by atoms with Crippen molar-refractivity contribution in [1.82, 2.24) is 4.98 Å². The van der Waals surface area contributed by atoms with E-state index in [1.54, 1.807) is 48.7 Å². The maximum Gasteiger partial charge on any atom is 0.264 e. The molecule has 1 N–H and O–H groups in total. The minimum atomic E-state index is -3.95. The van der Waals surface area contributed by atoms with Gasteiger partial charge in [-0.2, -0.15) is 0 Å². The number of pyridine rings is 1. The summed E-state index contributed by atoms with van der Waals surface area (Å²) in [6, 6.07) is 19.6. The van der Waals surface area contributed by atoms with E-state index in [4.69, 9.17) is 16.3 Å². The summed E-state index contributed by atoms with van der Waals surface area (Å²) in [4.78, 5) is 17.2. The fourth-order valence-corrected chi connectivity index (χ4v) is 4.76. The summed E-state index contributed by atoms with van der Waals surface area (Å²) in [5, 5.41) is 3.70. The van der Waals surface area contributed by atoms with E-state index in [9.17, 15) is 13.2 Å². The number of methoxy groups -OCH3 is 1. The number of ether oxygens (including phenoxy) is 1. The van der Waals surface area contributed by atoms with E-state index in [0.29, 0.717) is 17.1 Å². The van der Waals surface area contributed by atoms with Gasteiger partial charge in [-0.3, -0.25) is 14.1 Å². The predicted molar refractivity (Wildman–Crippen MR) is 130 cm³/mol. The number of sulfonamides is 1. The van der Waals surface area contributed by atoms with Crippen LogP contribution in [0.15, 0.2) is 83.9 Å². The Morgan fingerprint density at radius 3 is 2.52 bits per heavy atom. The number of carbonyl (C=O) groups excluding carboxylic acids is 1. The Morgan fingerprint density at radius 1 is 1.03 bits per heavy atom. The summed E-state index contributed by atoms with van der Waals surface area (Å²) in [7, 11) is -0.977. The molecule has 168 valence electrons. The van der Waals surface area contributed by atoms with E-state index in [1.165, 1.54) is 32.4 Å². The zero-order chi connectivity index (χ0) is 23.6. The van der Waals surface area contributed by atoms with Crippen molar-refractivity contribution in [2.75, 3.05) is 23.8 Å². The van der Waals surface area contributed by atoms with Gasteiger partial charge in [0.25, 0.3) is 15.9 Å². The third-order valence-corrected chi connectivity index (χ3v) is 7.28. The van der Waals surface area contributed by atoms with Gasteiger partial charge in [0.15, 0.2) is 0 Å². The Bertz CT molecular complexity index is 1430. The molecule has 9 heteroatoms. The maximum atomic E-state index is 13.2. The first-order chi connectivity index (χ1) is 15.8. The highest BCUT2D eigenvalue weighted by molar-refractivity contribution is 7.92. The number of amides is 1. The summed E-state index contributed by atoms with van der Waals surface area (Å²) < 4.78 is 32.7. The van der Waals surface area contributed by atoms with Crippen LogP contribution < -0.4 is 14.4 Å². The van der Waals surface area contributed by atoms with E-state index in [2.05, 4.69) is 10.3 Å². The molecule has 0 spiro atoms. The number of anilines is 2. The minimum absolute atomic E-state index is 0.0433. The normalized spacial score (nSPS) is 11.2. The molecule has 0 bridgehead atoms. The van der Waals surface area contributed by atoms with E-state index in [0.717, 1.165) is 15.2 Å². The standard InChI is InChI=1S/C24H20ClN3O4S/c1-28(16-8-10-17(32-2)11-9-16)33(30,31)18-12-13-21(25)20(15-18)24(29)27-23-7-3-6-22-19(23)5-4-14-26-22/h3-15H,1-2H3,(H,27,29). The molecule has 33 heavy (non-hydrogen) atoms. The summed E-state index contributed by atoms with van der Waals surface area (Å²) >= 11 is 6.26. The molecule has 0 radical (unpaired) electrons. The number of fused-ring (bicyclic) bond motifs is 1. The number of nitrogens with zero attached hydrogens (tertiary/aromatic N) is 2. The monoisotopic (exact) mass is 481 g/mol. The summed E-state index contributed by atoms with van der Waals surface area (Å²) in [6.45, 7) is 0. The molecular weight excluding hydrogens is 462 g/mol. The van der Waals surface area contributed by atoms with Crippen molar-refractivity contribution in [3.63, 3.8) is 0 Å². The van der Waals surface area contributed by atoms with Gasteiger partial charge in [0.2, 0.25) is 0 Å². The SMILES string of the molecule is COc1ccc(N(C)S(=O)(=O)c2ccc(Cl)c(C(=O)Nc3cccc4ncccc34)c2)cc1. The van der Waals surface area contributed by atoms with Crippen LogP contribution in [0.5, 0.6) is 5.75 Å². The number of nitrogens with one attached hydrogen (secondary N) is 1. The van der Waals surface area contributed by atoms with Crippen molar-refractivity contribution < 1.29 is 17.9 Å². The second-order valence-electron chi connectivity index (χ2n) is 7.14. The van der Waals surface area contributed by atoms with Crippen LogP contribution in [0.25, 0.3) is 10.9 Å². The number of benzene rings is 3. The molecule has 7 nitrogen and oxygen atoms in total. The second-order valence-corrected chi connectivity index (χ2v) is 9.52. The molecule has 0 fully saturated rings. The highest BCUT2D eigenvalue weighted by atomic mass is 35.5. The number of aromatic nitrogens is 1. The molecule has 1 heterocycles. The van der Waals surface area contributed by atoms with Gasteiger partial charge in [-0.25, -0.2) is 8.42 Å². The molecule has 0 saturated carbocycles. The summed E-state index contributed by atoms with van der Waals surface area (Å²) in [6.07, 6.45) is 1.67. The molecule has 0 aliphatic heterocycles. The fraction of sp³-hybridized carbons (Fsp3) is 0.0833.